The van der Waals surface area contributed by atoms with Crippen molar-refractivity contribution in [2.24, 2.45) is 5.41 Å². The Morgan fingerprint density at radius 2 is 2.30 bits per heavy atom. The van der Waals surface area contributed by atoms with Crippen molar-refractivity contribution in [2.75, 3.05) is 31.6 Å². The van der Waals surface area contributed by atoms with Gasteiger partial charge in [-0.2, -0.15) is 11.8 Å². The molecule has 1 spiro atoms. The average molecular weight is 157 g/mol. The maximum Gasteiger partial charge on any atom is 0.00436 e. The lowest BCUT2D eigenvalue weighted by Crippen LogP contribution is -2.24. The van der Waals surface area contributed by atoms with E-state index >= 15 is 0 Å². The maximum absolute atomic E-state index is 2.48. The van der Waals surface area contributed by atoms with Crippen LogP contribution in [0.15, 0.2) is 0 Å². The highest BCUT2D eigenvalue weighted by atomic mass is 32.2. The minimum absolute atomic E-state index is 0.749. The molecule has 2 aliphatic rings. The normalized spacial score (nSPS) is 41.7. The molecule has 0 saturated carbocycles. The van der Waals surface area contributed by atoms with Gasteiger partial charge in [-0.15, -0.1) is 0 Å². The Balaban J connectivity index is 2.03. The zero-order chi connectivity index (χ0) is 7.03. The van der Waals surface area contributed by atoms with Gasteiger partial charge < -0.3 is 4.90 Å². The van der Waals surface area contributed by atoms with Gasteiger partial charge in [-0.1, -0.05) is 0 Å². The summed E-state index contributed by atoms with van der Waals surface area (Å²) in [6.07, 6.45) is 2.93. The molecule has 1 unspecified atom stereocenters. The molecular formula is C8H15NS. The van der Waals surface area contributed by atoms with Gasteiger partial charge in [0.15, 0.2) is 0 Å². The molecule has 1 nitrogen and oxygen atoms in total. The van der Waals surface area contributed by atoms with E-state index < -0.39 is 0 Å². The van der Waals surface area contributed by atoms with Crippen LogP contribution in [0.3, 0.4) is 0 Å². The fraction of sp³-hybridized carbons (Fsp3) is 1.00. The third kappa shape index (κ3) is 1.08. The van der Waals surface area contributed by atoms with Gasteiger partial charge in [0.25, 0.3) is 0 Å². The number of hydrogen-bond acceptors (Lipinski definition) is 2. The Bertz CT molecular complexity index is 129. The first kappa shape index (κ1) is 6.99. The Hall–Kier alpha value is 0.310. The van der Waals surface area contributed by atoms with Gasteiger partial charge in [0.1, 0.15) is 0 Å². The monoisotopic (exact) mass is 157 g/mol. The molecule has 0 bridgehead atoms. The standard InChI is InChI=1S/C8H15NS/c1-9-4-2-8(6-9)3-5-10-7-8/h2-7H2,1H3. The summed E-state index contributed by atoms with van der Waals surface area (Å²) in [5, 5.41) is 0. The van der Waals surface area contributed by atoms with Crippen LogP contribution >= 0.6 is 11.8 Å². The lowest BCUT2D eigenvalue weighted by Gasteiger charge is -2.20. The molecule has 1 atom stereocenters. The van der Waals surface area contributed by atoms with Crippen LogP contribution in [-0.2, 0) is 0 Å². The summed E-state index contributed by atoms with van der Waals surface area (Å²) in [5.74, 6) is 2.84. The summed E-state index contributed by atoms with van der Waals surface area (Å²) < 4.78 is 0. The van der Waals surface area contributed by atoms with Gasteiger partial charge in [0.05, 0.1) is 0 Å². The van der Waals surface area contributed by atoms with Gasteiger partial charge >= 0.3 is 0 Å². The van der Waals surface area contributed by atoms with E-state index in [0.29, 0.717) is 0 Å². The van der Waals surface area contributed by atoms with Crippen LogP contribution in [0, 0.1) is 5.41 Å². The van der Waals surface area contributed by atoms with E-state index in [1.165, 1.54) is 37.4 Å². The first-order valence-corrected chi connectivity index (χ1v) is 5.23. The molecule has 0 N–H and O–H groups in total. The highest BCUT2D eigenvalue weighted by Crippen LogP contribution is 2.42. The Morgan fingerprint density at radius 1 is 1.40 bits per heavy atom. The average Bonchev–Trinajstić information content (AvgIpc) is 2.46. The summed E-state index contributed by atoms with van der Waals surface area (Å²) in [4.78, 5) is 2.48. The second kappa shape index (κ2) is 2.42. The number of rotatable bonds is 0. The van der Waals surface area contributed by atoms with Crippen LogP contribution in [0.5, 0.6) is 0 Å². The zero-order valence-electron chi connectivity index (χ0n) is 6.60. The molecule has 0 amide bonds. The van der Waals surface area contributed by atoms with E-state index in [2.05, 4.69) is 23.7 Å². The second-order valence-electron chi connectivity index (χ2n) is 3.79. The van der Waals surface area contributed by atoms with Crippen LogP contribution in [0.1, 0.15) is 12.8 Å². The highest BCUT2D eigenvalue weighted by Gasteiger charge is 2.39. The molecule has 0 aromatic heterocycles. The van der Waals surface area contributed by atoms with Crippen molar-refractivity contribution in [2.45, 2.75) is 12.8 Å². The van der Waals surface area contributed by atoms with Crippen molar-refractivity contribution in [1.82, 2.24) is 4.90 Å². The van der Waals surface area contributed by atoms with E-state index in [1.807, 2.05) is 0 Å². The lowest BCUT2D eigenvalue weighted by molar-refractivity contribution is 0.318. The highest BCUT2D eigenvalue weighted by molar-refractivity contribution is 7.99. The van der Waals surface area contributed by atoms with Crippen molar-refractivity contribution >= 4 is 11.8 Å². The predicted octanol–water partition coefficient (Wildman–Crippen LogP) is 1.45. The number of likely N-dealkylation sites (tertiary alicyclic amines) is 1. The molecule has 0 aliphatic carbocycles. The first-order chi connectivity index (χ1) is 4.81. The zero-order valence-corrected chi connectivity index (χ0v) is 7.41. The van der Waals surface area contributed by atoms with Crippen LogP contribution in [-0.4, -0.2) is 36.5 Å². The number of nitrogens with zero attached hydrogens (tertiary/aromatic N) is 1. The first-order valence-electron chi connectivity index (χ1n) is 4.07. The van der Waals surface area contributed by atoms with E-state index in [9.17, 15) is 0 Å². The molecule has 2 saturated heterocycles. The topological polar surface area (TPSA) is 3.24 Å². The Morgan fingerprint density at radius 3 is 2.80 bits per heavy atom. The van der Waals surface area contributed by atoms with Gasteiger partial charge in [-0.05, 0) is 37.6 Å². The third-order valence-corrected chi connectivity index (χ3v) is 4.12. The summed E-state index contributed by atoms with van der Waals surface area (Å²) in [6.45, 7) is 2.70. The summed E-state index contributed by atoms with van der Waals surface area (Å²) in [6, 6.07) is 0. The SMILES string of the molecule is CN1CCC2(CCSC2)C1. The second-order valence-corrected chi connectivity index (χ2v) is 4.90. The van der Waals surface area contributed by atoms with E-state index in [0.717, 1.165) is 5.41 Å². The quantitative estimate of drug-likeness (QED) is 0.523. The minimum atomic E-state index is 0.749. The summed E-state index contributed by atoms with van der Waals surface area (Å²) in [7, 11) is 2.25. The molecule has 0 aromatic rings. The largest absolute Gasteiger partial charge is 0.306 e. The smallest absolute Gasteiger partial charge is 0.00436 e. The van der Waals surface area contributed by atoms with E-state index in [4.69, 9.17) is 0 Å². The van der Waals surface area contributed by atoms with Gasteiger partial charge in [0, 0.05) is 12.3 Å². The van der Waals surface area contributed by atoms with Crippen molar-refractivity contribution in [3.05, 3.63) is 0 Å². The summed E-state index contributed by atoms with van der Waals surface area (Å²) in [5.41, 5.74) is 0.749. The Labute approximate surface area is 67.2 Å². The lowest BCUT2D eigenvalue weighted by atomic mass is 9.87. The van der Waals surface area contributed by atoms with Crippen molar-refractivity contribution in [1.29, 1.82) is 0 Å². The molecule has 0 radical (unpaired) electrons. The molecule has 58 valence electrons. The van der Waals surface area contributed by atoms with Crippen LogP contribution in [0.2, 0.25) is 0 Å². The fourth-order valence-electron chi connectivity index (χ4n) is 2.13. The van der Waals surface area contributed by atoms with E-state index in [-0.39, 0.29) is 0 Å². The molecule has 2 rings (SSSR count). The molecule has 2 heteroatoms. The molecule has 2 heterocycles. The summed E-state index contributed by atoms with van der Waals surface area (Å²) >= 11 is 2.15. The van der Waals surface area contributed by atoms with Crippen LogP contribution in [0.4, 0.5) is 0 Å². The maximum atomic E-state index is 2.48. The number of hydrogen-bond donors (Lipinski definition) is 0. The van der Waals surface area contributed by atoms with Crippen LogP contribution in [0.25, 0.3) is 0 Å². The fourth-order valence-corrected chi connectivity index (χ4v) is 3.66. The van der Waals surface area contributed by atoms with Gasteiger partial charge in [0.2, 0.25) is 0 Å². The van der Waals surface area contributed by atoms with E-state index in [1.54, 1.807) is 0 Å². The molecule has 10 heavy (non-hydrogen) atoms. The molecular weight excluding hydrogens is 142 g/mol. The Kier molecular flexibility index (Phi) is 1.69. The van der Waals surface area contributed by atoms with Crippen molar-refractivity contribution in [3.8, 4) is 0 Å². The molecule has 0 aromatic carbocycles. The van der Waals surface area contributed by atoms with Gasteiger partial charge in [-0.25, -0.2) is 0 Å². The van der Waals surface area contributed by atoms with Crippen molar-refractivity contribution < 1.29 is 0 Å². The molecule has 2 fully saturated rings. The predicted molar refractivity (Wildman–Crippen MR) is 46.5 cm³/mol. The van der Waals surface area contributed by atoms with Gasteiger partial charge in [-0.3, -0.25) is 0 Å². The number of thioether (sulfide) groups is 1. The molecule has 2 aliphatic heterocycles. The van der Waals surface area contributed by atoms with Crippen molar-refractivity contribution in [3.63, 3.8) is 0 Å². The minimum Gasteiger partial charge on any atom is -0.306 e. The van der Waals surface area contributed by atoms with Crippen LogP contribution < -0.4 is 0 Å². The third-order valence-electron chi connectivity index (χ3n) is 2.81.